The van der Waals surface area contributed by atoms with Gasteiger partial charge in [-0.25, -0.2) is 4.39 Å². The Morgan fingerprint density at radius 1 is 1.02 bits per heavy atom. The Balaban J connectivity index is 1.31. The number of carbonyl (C=O) groups is 1. The highest BCUT2D eigenvalue weighted by Gasteiger charge is 2.43. The molecular weight excluding hydrogens is 519 g/mol. The summed E-state index contributed by atoms with van der Waals surface area (Å²) < 4.78 is 20.4. The number of rotatable bonds is 7. The summed E-state index contributed by atoms with van der Waals surface area (Å²) in [5, 5.41) is 10.7. The van der Waals surface area contributed by atoms with Gasteiger partial charge in [0.05, 0.1) is 24.2 Å². The van der Waals surface area contributed by atoms with E-state index in [4.69, 9.17) is 16.2 Å². The number of piperidine rings is 2. The van der Waals surface area contributed by atoms with Crippen LogP contribution in [0.3, 0.4) is 0 Å². The minimum atomic E-state index is -1.08. The molecule has 5 aliphatic rings. The molecule has 3 heterocycles. The molecular formula is C32H57FN6O2. The van der Waals surface area contributed by atoms with Crippen molar-refractivity contribution in [3.63, 3.8) is 0 Å². The van der Waals surface area contributed by atoms with E-state index in [0.29, 0.717) is 12.1 Å². The molecule has 3 aliphatic heterocycles. The van der Waals surface area contributed by atoms with Crippen molar-refractivity contribution >= 4 is 5.91 Å². The largest absolute Gasteiger partial charge is 0.381 e. The first-order valence-electron chi connectivity index (χ1n) is 16.8. The van der Waals surface area contributed by atoms with Crippen molar-refractivity contribution < 1.29 is 13.9 Å². The number of halogens is 1. The van der Waals surface area contributed by atoms with Crippen LogP contribution in [0, 0.1) is 17.3 Å². The zero-order valence-electron chi connectivity index (χ0n) is 25.4. The summed E-state index contributed by atoms with van der Waals surface area (Å²) in [5.41, 5.74) is 12.6. The normalized spacial score (nSPS) is 36.0. The Labute approximate surface area is 247 Å². The van der Waals surface area contributed by atoms with Crippen LogP contribution in [0.5, 0.6) is 0 Å². The van der Waals surface area contributed by atoms with Crippen LogP contribution in [0.15, 0.2) is 12.2 Å². The van der Waals surface area contributed by atoms with Gasteiger partial charge in [-0.2, -0.15) is 0 Å². The van der Waals surface area contributed by atoms with Crippen molar-refractivity contribution in [2.75, 3.05) is 33.3 Å². The number of amides is 1. The summed E-state index contributed by atoms with van der Waals surface area (Å²) >= 11 is 0. The number of ether oxygens (including phenoxy) is 1. The molecule has 4 fully saturated rings. The number of nitrogens with one attached hydrogen (secondary N) is 3. The van der Waals surface area contributed by atoms with Crippen molar-refractivity contribution in [3.8, 4) is 0 Å². The highest BCUT2D eigenvalue weighted by Crippen LogP contribution is 2.43. The molecule has 2 saturated heterocycles. The van der Waals surface area contributed by atoms with Crippen LogP contribution < -0.4 is 27.4 Å². The maximum absolute atomic E-state index is 14.7. The minimum Gasteiger partial charge on any atom is -0.381 e. The maximum atomic E-state index is 14.7. The van der Waals surface area contributed by atoms with Gasteiger partial charge in [0, 0.05) is 51.4 Å². The molecule has 1 spiro atoms. The van der Waals surface area contributed by atoms with Gasteiger partial charge in [0.25, 0.3) is 0 Å². The molecule has 6 unspecified atom stereocenters. The summed E-state index contributed by atoms with van der Waals surface area (Å²) in [4.78, 5) is 16.7. The summed E-state index contributed by atoms with van der Waals surface area (Å²) in [6, 6.07) is 0.480. The van der Waals surface area contributed by atoms with Gasteiger partial charge < -0.3 is 32.2 Å². The van der Waals surface area contributed by atoms with Crippen LogP contribution in [-0.4, -0.2) is 86.7 Å². The van der Waals surface area contributed by atoms with E-state index < -0.39 is 18.3 Å². The van der Waals surface area contributed by atoms with Crippen LogP contribution in [0.25, 0.3) is 0 Å². The standard InChI is InChI=1S/C32H57FN6O2/c1-41-24-11-16-39(17-12-24)28-18-25(22-8-4-2-5-9-22)37-21-27(28)38-31(40)29(30(34)35)26-19-32(13-6-3-7-14-32)15-10-23(33)20-36-26/h10,15,22-30,36-37H,2-9,11-14,16-21,34-35H2,1H3,(H,38,40)/b15-10-. The lowest BCUT2D eigenvalue weighted by Crippen LogP contribution is -2.66. The lowest BCUT2D eigenvalue weighted by molar-refractivity contribution is -0.128. The number of nitrogens with zero attached hydrogens (tertiary/aromatic N) is 1. The number of alkyl halides is 1. The third kappa shape index (κ3) is 7.90. The van der Waals surface area contributed by atoms with Crippen molar-refractivity contribution in [2.24, 2.45) is 28.7 Å². The van der Waals surface area contributed by atoms with Gasteiger partial charge in [-0.1, -0.05) is 50.7 Å². The van der Waals surface area contributed by atoms with E-state index in [-0.39, 0.29) is 36.0 Å². The molecule has 9 heteroatoms. The molecule has 2 aliphatic carbocycles. The number of carbonyl (C=O) groups excluding carboxylic acids is 1. The second-order valence-electron chi connectivity index (χ2n) is 13.9. The van der Waals surface area contributed by atoms with Gasteiger partial charge in [-0.15, -0.1) is 0 Å². The molecule has 6 atom stereocenters. The zero-order valence-corrected chi connectivity index (χ0v) is 25.4. The monoisotopic (exact) mass is 576 g/mol. The predicted octanol–water partition coefficient (Wildman–Crippen LogP) is 2.96. The molecule has 0 aromatic carbocycles. The zero-order chi connectivity index (χ0) is 28.8. The van der Waals surface area contributed by atoms with E-state index in [1.54, 1.807) is 6.08 Å². The fourth-order valence-corrected chi connectivity index (χ4v) is 8.82. The molecule has 1 amide bonds. The number of likely N-dealkylation sites (tertiary alicyclic amines) is 1. The highest BCUT2D eigenvalue weighted by atomic mass is 19.1. The summed E-state index contributed by atoms with van der Waals surface area (Å²) in [6.45, 7) is 2.91. The van der Waals surface area contributed by atoms with Crippen LogP contribution in [0.4, 0.5) is 4.39 Å². The highest BCUT2D eigenvalue weighted by molar-refractivity contribution is 5.80. The first-order valence-corrected chi connectivity index (χ1v) is 16.8. The number of hydrogen-bond acceptors (Lipinski definition) is 7. The van der Waals surface area contributed by atoms with E-state index >= 15 is 0 Å². The molecule has 2 saturated carbocycles. The Morgan fingerprint density at radius 3 is 2.41 bits per heavy atom. The van der Waals surface area contributed by atoms with E-state index in [9.17, 15) is 9.18 Å². The molecule has 0 bridgehead atoms. The maximum Gasteiger partial charge on any atom is 0.227 e. The lowest BCUT2D eigenvalue weighted by Gasteiger charge is -2.48. The van der Waals surface area contributed by atoms with Gasteiger partial charge in [0.2, 0.25) is 5.91 Å². The Kier molecular flexibility index (Phi) is 11.1. The third-order valence-corrected chi connectivity index (χ3v) is 11.2. The van der Waals surface area contributed by atoms with Gasteiger partial charge in [0.1, 0.15) is 6.17 Å². The van der Waals surface area contributed by atoms with E-state index in [1.165, 1.54) is 38.5 Å². The summed E-state index contributed by atoms with van der Waals surface area (Å²) in [5.74, 6) is 0.00342. The molecule has 0 aromatic heterocycles. The van der Waals surface area contributed by atoms with Crippen LogP contribution >= 0.6 is 0 Å². The average molecular weight is 577 g/mol. The van der Waals surface area contributed by atoms with E-state index in [0.717, 1.165) is 76.9 Å². The quantitative estimate of drug-likeness (QED) is 0.234. The Hall–Kier alpha value is -1.10. The first kappa shape index (κ1) is 31.3. The lowest BCUT2D eigenvalue weighted by atomic mass is 9.67. The van der Waals surface area contributed by atoms with Crippen molar-refractivity contribution in [2.45, 2.75) is 133 Å². The third-order valence-electron chi connectivity index (χ3n) is 11.2. The Morgan fingerprint density at radius 2 is 1.73 bits per heavy atom. The fraction of sp³-hybridized carbons (Fsp3) is 0.906. The molecule has 0 radical (unpaired) electrons. The SMILES string of the molecule is COC1CCN(C2CC(C3CCCCC3)NCC2NC(=O)C(C(N)N)C2CC3(/C=C\C(F)CN2)CCCCC3)CC1. The first-order chi connectivity index (χ1) is 19.9. The van der Waals surface area contributed by atoms with Gasteiger partial charge in [-0.3, -0.25) is 9.69 Å². The summed E-state index contributed by atoms with van der Waals surface area (Å²) in [7, 11) is 1.81. The number of nitrogens with two attached hydrogens (primary N) is 2. The van der Waals surface area contributed by atoms with E-state index in [2.05, 4.69) is 26.9 Å². The van der Waals surface area contributed by atoms with Crippen LogP contribution in [-0.2, 0) is 9.53 Å². The molecule has 7 N–H and O–H groups in total. The number of hydrogen-bond donors (Lipinski definition) is 5. The smallest absolute Gasteiger partial charge is 0.227 e. The topological polar surface area (TPSA) is 118 Å². The van der Waals surface area contributed by atoms with Crippen molar-refractivity contribution in [1.29, 1.82) is 0 Å². The van der Waals surface area contributed by atoms with Gasteiger partial charge in [-0.05, 0) is 62.7 Å². The predicted molar refractivity (Wildman–Crippen MR) is 162 cm³/mol. The van der Waals surface area contributed by atoms with Crippen molar-refractivity contribution in [3.05, 3.63) is 12.2 Å². The number of allylic oxidation sites excluding steroid dienone is 1. The second kappa shape index (κ2) is 14.6. The molecule has 0 aromatic rings. The van der Waals surface area contributed by atoms with Crippen molar-refractivity contribution in [1.82, 2.24) is 20.9 Å². The van der Waals surface area contributed by atoms with Gasteiger partial charge in [0.15, 0.2) is 0 Å². The second-order valence-corrected chi connectivity index (χ2v) is 13.9. The average Bonchev–Trinajstić information content (AvgIpc) is 2.99. The van der Waals surface area contributed by atoms with Crippen LogP contribution in [0.1, 0.15) is 89.9 Å². The van der Waals surface area contributed by atoms with Crippen LogP contribution in [0.2, 0.25) is 0 Å². The fourth-order valence-electron chi connectivity index (χ4n) is 8.82. The minimum absolute atomic E-state index is 0.0197. The van der Waals surface area contributed by atoms with Gasteiger partial charge >= 0.3 is 0 Å². The molecule has 5 rings (SSSR count). The molecule has 8 nitrogen and oxygen atoms in total. The summed E-state index contributed by atoms with van der Waals surface area (Å²) in [6.07, 6.45) is 18.3. The number of methoxy groups -OCH3 is 1. The Bertz CT molecular complexity index is 853. The van der Waals surface area contributed by atoms with E-state index in [1.807, 2.05) is 7.11 Å². The molecule has 41 heavy (non-hydrogen) atoms. The molecule has 234 valence electrons.